The van der Waals surface area contributed by atoms with E-state index in [9.17, 15) is 5.11 Å². The van der Waals surface area contributed by atoms with E-state index >= 15 is 0 Å². The second-order valence-electron chi connectivity index (χ2n) is 2.62. The summed E-state index contributed by atoms with van der Waals surface area (Å²) in [6, 6.07) is 0. The first-order chi connectivity index (χ1) is 6.86. The van der Waals surface area contributed by atoms with Crippen molar-refractivity contribution in [1.82, 2.24) is 0 Å². The Morgan fingerprint density at radius 3 is 1.53 bits per heavy atom. The van der Waals surface area contributed by atoms with E-state index in [1.54, 1.807) is 6.92 Å². The predicted molar refractivity (Wildman–Crippen MR) is 77.3 cm³/mol. The quantitative estimate of drug-likeness (QED) is 0.322. The first kappa shape index (κ1) is 14.4. The van der Waals surface area contributed by atoms with Crippen molar-refractivity contribution in [2.45, 2.75) is 13.2 Å². The molecule has 1 aromatic carbocycles. The predicted octanol–water partition coefficient (Wildman–Crippen LogP) is 5.22. The molecule has 0 aliphatic heterocycles. The molecule has 7 heteroatoms. The molecule has 0 bridgehead atoms. The van der Waals surface area contributed by atoms with Crippen LogP contribution in [0.5, 0.6) is 5.75 Å². The van der Waals surface area contributed by atoms with Crippen LogP contribution in [0.2, 0.25) is 0 Å². The molecule has 0 saturated carbocycles. The van der Waals surface area contributed by atoms with Crippen LogP contribution in [0.3, 0.4) is 0 Å². The molecule has 0 aliphatic rings. The highest BCUT2D eigenvalue weighted by molar-refractivity contribution is 9.15. The molecule has 0 aliphatic carbocycles. The van der Waals surface area contributed by atoms with Crippen LogP contribution in [-0.2, 0) is 0 Å². The number of hydrogen-bond acceptors (Lipinski definition) is 2. The maximum absolute atomic E-state index is 9.20. The maximum atomic E-state index is 9.20. The molecule has 0 radical (unpaired) electrons. The highest BCUT2D eigenvalue weighted by atomic mass is 79.9. The first-order valence-electron chi connectivity index (χ1n) is 3.72. The number of hydrogen-bond donors (Lipinski definition) is 1. The van der Waals surface area contributed by atoms with Gasteiger partial charge in [0.05, 0.1) is 17.9 Å². The van der Waals surface area contributed by atoms with Gasteiger partial charge in [0.25, 0.3) is 0 Å². The SMILES string of the molecule is CC(O)Oc1c(Br)c(Br)c(Br)c(Br)c1Br. The molecule has 0 fully saturated rings. The molecule has 1 N–H and O–H groups in total. The largest absolute Gasteiger partial charge is 0.463 e. The van der Waals surface area contributed by atoms with E-state index in [2.05, 4.69) is 79.6 Å². The summed E-state index contributed by atoms with van der Waals surface area (Å²) in [6.07, 6.45) is -0.877. The van der Waals surface area contributed by atoms with Gasteiger partial charge in [-0.1, -0.05) is 0 Å². The molecule has 1 unspecified atom stereocenters. The van der Waals surface area contributed by atoms with Gasteiger partial charge < -0.3 is 9.84 Å². The zero-order valence-electron chi connectivity index (χ0n) is 7.32. The van der Waals surface area contributed by atoms with E-state index in [0.717, 1.165) is 22.4 Å². The topological polar surface area (TPSA) is 29.5 Å². The molecule has 0 aromatic heterocycles. The lowest BCUT2D eigenvalue weighted by Gasteiger charge is -2.16. The smallest absolute Gasteiger partial charge is 0.194 e. The van der Waals surface area contributed by atoms with Crippen LogP contribution in [0.25, 0.3) is 0 Å². The van der Waals surface area contributed by atoms with Gasteiger partial charge in [-0.15, -0.1) is 0 Å². The Balaban J connectivity index is 3.39. The molecule has 0 spiro atoms. The van der Waals surface area contributed by atoms with Crippen molar-refractivity contribution in [3.63, 3.8) is 0 Å². The number of rotatable bonds is 2. The molecular formula is C8H5Br5O2. The van der Waals surface area contributed by atoms with Crippen LogP contribution in [0.1, 0.15) is 6.92 Å². The Morgan fingerprint density at radius 2 is 1.20 bits per heavy atom. The molecule has 84 valence electrons. The second-order valence-corrected chi connectivity index (χ2v) is 6.58. The molecule has 15 heavy (non-hydrogen) atoms. The highest BCUT2D eigenvalue weighted by Gasteiger charge is 2.19. The summed E-state index contributed by atoms with van der Waals surface area (Å²) >= 11 is 17.0. The van der Waals surface area contributed by atoms with E-state index in [1.807, 2.05) is 0 Å². The maximum Gasteiger partial charge on any atom is 0.194 e. The van der Waals surface area contributed by atoms with Crippen LogP contribution in [-0.4, -0.2) is 11.4 Å². The van der Waals surface area contributed by atoms with E-state index in [0.29, 0.717) is 5.75 Å². The Bertz CT molecular complexity index is 362. The van der Waals surface area contributed by atoms with Gasteiger partial charge in [-0.25, -0.2) is 0 Å². The lowest BCUT2D eigenvalue weighted by atomic mass is 10.3. The highest BCUT2D eigenvalue weighted by Crippen LogP contribution is 2.48. The Labute approximate surface area is 129 Å². The summed E-state index contributed by atoms with van der Waals surface area (Å²) in [5.41, 5.74) is 0. The van der Waals surface area contributed by atoms with Crippen molar-refractivity contribution >= 4 is 79.6 Å². The zero-order chi connectivity index (χ0) is 11.7. The molecular weight excluding hydrogens is 528 g/mol. The third-order valence-electron chi connectivity index (χ3n) is 1.46. The summed E-state index contributed by atoms with van der Waals surface area (Å²) < 4.78 is 9.21. The van der Waals surface area contributed by atoms with Crippen LogP contribution in [0, 0.1) is 0 Å². The van der Waals surface area contributed by atoms with Gasteiger partial charge in [-0.05, 0) is 86.6 Å². The normalized spacial score (nSPS) is 12.7. The van der Waals surface area contributed by atoms with Crippen LogP contribution >= 0.6 is 79.6 Å². The molecule has 0 amide bonds. The fraction of sp³-hybridized carbons (Fsp3) is 0.250. The summed E-state index contributed by atoms with van der Waals surface area (Å²) in [4.78, 5) is 0. The minimum Gasteiger partial charge on any atom is -0.463 e. The standard InChI is InChI=1S/C8H5Br5O2/c1-2(14)15-8-6(12)4(10)3(9)5(11)7(8)13/h2,14H,1H3. The van der Waals surface area contributed by atoms with Gasteiger partial charge in [0.2, 0.25) is 0 Å². The summed E-state index contributed by atoms with van der Waals surface area (Å²) in [6.45, 7) is 1.54. The Hall–Kier alpha value is 1.38. The van der Waals surface area contributed by atoms with Gasteiger partial charge in [0.15, 0.2) is 12.0 Å². The molecule has 0 heterocycles. The lowest BCUT2D eigenvalue weighted by Crippen LogP contribution is -2.10. The summed E-state index contributed by atoms with van der Waals surface area (Å²) in [5.74, 6) is 0.534. The van der Waals surface area contributed by atoms with Crippen LogP contribution < -0.4 is 4.74 Å². The van der Waals surface area contributed by atoms with Gasteiger partial charge in [0, 0.05) is 4.47 Å². The third-order valence-corrected chi connectivity index (χ3v) is 7.48. The van der Waals surface area contributed by atoms with Gasteiger partial charge in [-0.2, -0.15) is 0 Å². The molecule has 2 nitrogen and oxygen atoms in total. The van der Waals surface area contributed by atoms with Gasteiger partial charge in [-0.3, -0.25) is 0 Å². The number of halogens is 5. The van der Waals surface area contributed by atoms with Crippen molar-refractivity contribution in [2.75, 3.05) is 0 Å². The average Bonchev–Trinajstić information content (AvgIpc) is 2.18. The van der Waals surface area contributed by atoms with Crippen molar-refractivity contribution < 1.29 is 9.84 Å². The zero-order valence-corrected chi connectivity index (χ0v) is 15.3. The Morgan fingerprint density at radius 1 is 0.867 bits per heavy atom. The Kier molecular flexibility index (Phi) is 5.60. The van der Waals surface area contributed by atoms with E-state index in [1.165, 1.54) is 0 Å². The van der Waals surface area contributed by atoms with Crippen LogP contribution in [0.15, 0.2) is 22.4 Å². The lowest BCUT2D eigenvalue weighted by molar-refractivity contribution is -0.00156. The van der Waals surface area contributed by atoms with Crippen molar-refractivity contribution in [2.24, 2.45) is 0 Å². The minimum atomic E-state index is -0.877. The van der Waals surface area contributed by atoms with Gasteiger partial charge >= 0.3 is 0 Å². The molecule has 1 aromatic rings. The third kappa shape index (κ3) is 3.19. The molecule has 1 atom stereocenters. The van der Waals surface area contributed by atoms with Gasteiger partial charge in [0.1, 0.15) is 0 Å². The van der Waals surface area contributed by atoms with Crippen LogP contribution in [0.4, 0.5) is 0 Å². The summed E-state index contributed by atoms with van der Waals surface area (Å²) in [5, 5.41) is 9.20. The number of aliphatic hydroxyl groups is 1. The fourth-order valence-electron chi connectivity index (χ4n) is 0.859. The van der Waals surface area contributed by atoms with Crippen molar-refractivity contribution in [3.05, 3.63) is 22.4 Å². The van der Waals surface area contributed by atoms with E-state index < -0.39 is 6.29 Å². The number of benzene rings is 1. The van der Waals surface area contributed by atoms with Crippen molar-refractivity contribution in [1.29, 1.82) is 0 Å². The monoisotopic (exact) mass is 528 g/mol. The minimum absolute atomic E-state index is 0.534. The first-order valence-corrected chi connectivity index (χ1v) is 7.69. The summed E-state index contributed by atoms with van der Waals surface area (Å²) in [7, 11) is 0. The number of aliphatic hydroxyl groups excluding tert-OH is 1. The second kappa shape index (κ2) is 5.82. The van der Waals surface area contributed by atoms with E-state index in [4.69, 9.17) is 4.74 Å². The molecule has 0 saturated heterocycles. The van der Waals surface area contributed by atoms with Crippen molar-refractivity contribution in [3.8, 4) is 5.75 Å². The number of ether oxygens (including phenoxy) is 1. The average molecular weight is 533 g/mol. The molecule has 1 rings (SSSR count). The fourth-order valence-corrected chi connectivity index (χ4v) is 4.06. The van der Waals surface area contributed by atoms with E-state index in [-0.39, 0.29) is 0 Å².